The Morgan fingerprint density at radius 3 is 1.88 bits per heavy atom. The molecule has 0 radical (unpaired) electrons. The van der Waals surface area contributed by atoms with Gasteiger partial charge in [-0.2, -0.15) is 17.6 Å². The largest absolute Gasteiger partial charge is 0.481 e. The highest BCUT2D eigenvalue weighted by Crippen LogP contribution is 2.38. The molecule has 0 aromatic heterocycles. The fraction of sp³-hybridized carbons (Fsp3) is 0.778. The molecular weight excluding hydrogens is 248 g/mol. The van der Waals surface area contributed by atoms with E-state index in [0.717, 1.165) is 0 Å². The lowest BCUT2D eigenvalue weighted by Gasteiger charge is -2.22. The molecular formula is C9H12F4O4. The minimum atomic E-state index is -5.10. The van der Waals surface area contributed by atoms with E-state index < -0.39 is 30.2 Å². The maximum Gasteiger partial charge on any atom is 0.404 e. The van der Waals surface area contributed by atoms with Crippen molar-refractivity contribution in [2.24, 2.45) is 0 Å². The van der Waals surface area contributed by atoms with Gasteiger partial charge in [0.05, 0.1) is 0 Å². The van der Waals surface area contributed by atoms with E-state index in [2.05, 4.69) is 0 Å². The average molecular weight is 260 g/mol. The van der Waals surface area contributed by atoms with Gasteiger partial charge in [-0.3, -0.25) is 4.79 Å². The Morgan fingerprint density at radius 1 is 0.941 bits per heavy atom. The summed E-state index contributed by atoms with van der Waals surface area (Å²) in [5.41, 5.74) is 0. The number of alkyl halides is 4. The van der Waals surface area contributed by atoms with Crippen LogP contribution in [0.5, 0.6) is 0 Å². The molecule has 0 aliphatic heterocycles. The van der Waals surface area contributed by atoms with Gasteiger partial charge in [0.1, 0.15) is 0 Å². The lowest BCUT2D eigenvalue weighted by molar-refractivity contribution is -0.226. The van der Waals surface area contributed by atoms with Gasteiger partial charge in [0.2, 0.25) is 0 Å². The quantitative estimate of drug-likeness (QED) is 0.519. The second kappa shape index (κ2) is 5.83. The summed E-state index contributed by atoms with van der Waals surface area (Å²) in [6.45, 7) is 0. The van der Waals surface area contributed by atoms with E-state index in [1.807, 2.05) is 0 Å². The summed E-state index contributed by atoms with van der Waals surface area (Å²) in [4.78, 5) is 20.0. The fourth-order valence-electron chi connectivity index (χ4n) is 1.11. The molecule has 4 nitrogen and oxygen atoms in total. The van der Waals surface area contributed by atoms with Gasteiger partial charge >= 0.3 is 23.8 Å². The van der Waals surface area contributed by atoms with E-state index in [9.17, 15) is 27.2 Å². The Hall–Kier alpha value is -1.34. The molecule has 0 spiro atoms. The second-order valence-corrected chi connectivity index (χ2v) is 3.54. The van der Waals surface area contributed by atoms with Gasteiger partial charge in [0, 0.05) is 12.8 Å². The van der Waals surface area contributed by atoms with Crippen LogP contribution in [0.3, 0.4) is 0 Å². The predicted molar refractivity (Wildman–Crippen MR) is 48.3 cm³/mol. The van der Waals surface area contributed by atoms with E-state index in [1.54, 1.807) is 0 Å². The Morgan fingerprint density at radius 2 is 1.47 bits per heavy atom. The summed E-state index contributed by atoms with van der Waals surface area (Å²) < 4.78 is 50.6. The number of carbonyl (C=O) groups is 2. The van der Waals surface area contributed by atoms with Gasteiger partial charge < -0.3 is 10.2 Å². The van der Waals surface area contributed by atoms with Crippen molar-refractivity contribution in [3.05, 3.63) is 0 Å². The fourth-order valence-corrected chi connectivity index (χ4v) is 1.11. The lowest BCUT2D eigenvalue weighted by atomic mass is 10.0. The van der Waals surface area contributed by atoms with Crippen LogP contribution >= 0.6 is 0 Å². The first kappa shape index (κ1) is 15.7. The number of carboxylic acid groups (broad SMARTS) is 2. The SMILES string of the molecule is O=C(O)CCCCCC(F)(F)C(F)(F)C(=O)O. The third kappa shape index (κ3) is 4.58. The zero-order chi connectivity index (χ0) is 13.7. The first-order chi connectivity index (χ1) is 7.61. The van der Waals surface area contributed by atoms with E-state index >= 15 is 0 Å². The normalized spacial score (nSPS) is 12.5. The Balaban J connectivity index is 4.10. The topological polar surface area (TPSA) is 74.6 Å². The number of hydrogen-bond acceptors (Lipinski definition) is 2. The molecule has 0 unspecified atom stereocenters. The number of rotatable bonds is 8. The van der Waals surface area contributed by atoms with Gasteiger partial charge in [0.25, 0.3) is 0 Å². The van der Waals surface area contributed by atoms with E-state index in [0.29, 0.717) is 0 Å². The van der Waals surface area contributed by atoms with Gasteiger partial charge in [-0.25, -0.2) is 4.79 Å². The van der Waals surface area contributed by atoms with Crippen molar-refractivity contribution in [1.82, 2.24) is 0 Å². The molecule has 0 rings (SSSR count). The van der Waals surface area contributed by atoms with Gasteiger partial charge in [0.15, 0.2) is 0 Å². The molecule has 17 heavy (non-hydrogen) atoms. The van der Waals surface area contributed by atoms with Crippen molar-refractivity contribution in [2.75, 3.05) is 0 Å². The van der Waals surface area contributed by atoms with Gasteiger partial charge in [-0.15, -0.1) is 0 Å². The molecule has 0 saturated carbocycles. The van der Waals surface area contributed by atoms with Crippen molar-refractivity contribution in [2.45, 2.75) is 43.9 Å². The van der Waals surface area contributed by atoms with Crippen LogP contribution in [0.1, 0.15) is 32.1 Å². The number of carboxylic acids is 2. The summed E-state index contributed by atoms with van der Waals surface area (Å²) in [6, 6.07) is 0. The Labute approximate surface area is 94.2 Å². The Kier molecular flexibility index (Phi) is 5.37. The van der Waals surface area contributed by atoms with Crippen LogP contribution < -0.4 is 0 Å². The molecule has 8 heteroatoms. The van der Waals surface area contributed by atoms with E-state index in [-0.39, 0.29) is 25.7 Å². The summed E-state index contributed by atoms with van der Waals surface area (Å²) in [5.74, 6) is -13.7. The van der Waals surface area contributed by atoms with Crippen LogP contribution in [0.4, 0.5) is 17.6 Å². The van der Waals surface area contributed by atoms with Crippen LogP contribution in [-0.2, 0) is 9.59 Å². The molecule has 0 heterocycles. The van der Waals surface area contributed by atoms with Crippen LogP contribution in [0.15, 0.2) is 0 Å². The number of unbranched alkanes of at least 4 members (excludes halogenated alkanes) is 2. The molecule has 0 fully saturated rings. The molecule has 0 saturated heterocycles. The van der Waals surface area contributed by atoms with Crippen LogP contribution in [0, 0.1) is 0 Å². The minimum Gasteiger partial charge on any atom is -0.481 e. The minimum absolute atomic E-state index is 0.0254. The first-order valence-electron chi connectivity index (χ1n) is 4.82. The molecule has 0 aromatic rings. The van der Waals surface area contributed by atoms with Crippen LogP contribution in [0.2, 0.25) is 0 Å². The molecule has 2 N–H and O–H groups in total. The first-order valence-corrected chi connectivity index (χ1v) is 4.82. The van der Waals surface area contributed by atoms with Crippen molar-refractivity contribution < 1.29 is 37.4 Å². The Bertz CT molecular complexity index is 291. The van der Waals surface area contributed by atoms with Crippen molar-refractivity contribution in [3.63, 3.8) is 0 Å². The van der Waals surface area contributed by atoms with E-state index in [1.165, 1.54) is 0 Å². The lowest BCUT2D eigenvalue weighted by Crippen LogP contribution is -2.47. The van der Waals surface area contributed by atoms with Crippen molar-refractivity contribution >= 4 is 11.9 Å². The average Bonchev–Trinajstić information content (AvgIpc) is 2.15. The van der Waals surface area contributed by atoms with E-state index in [4.69, 9.17) is 10.2 Å². The summed E-state index contributed by atoms with van der Waals surface area (Å²) >= 11 is 0. The zero-order valence-corrected chi connectivity index (χ0v) is 8.76. The van der Waals surface area contributed by atoms with Crippen molar-refractivity contribution in [1.29, 1.82) is 0 Å². The molecule has 0 bridgehead atoms. The second-order valence-electron chi connectivity index (χ2n) is 3.54. The summed E-state index contributed by atoms with van der Waals surface area (Å²) in [7, 11) is 0. The highest BCUT2D eigenvalue weighted by atomic mass is 19.3. The molecule has 100 valence electrons. The molecule has 0 aromatic carbocycles. The number of hydrogen-bond donors (Lipinski definition) is 2. The molecule has 0 atom stereocenters. The van der Waals surface area contributed by atoms with Gasteiger partial charge in [-0.05, 0) is 12.8 Å². The number of aliphatic carboxylic acids is 2. The molecule has 0 amide bonds. The predicted octanol–water partition coefficient (Wildman–Crippen LogP) is 2.38. The van der Waals surface area contributed by atoms with Crippen LogP contribution in [0.25, 0.3) is 0 Å². The maximum atomic E-state index is 12.8. The maximum absolute atomic E-state index is 12.8. The van der Waals surface area contributed by atoms with Crippen LogP contribution in [-0.4, -0.2) is 34.0 Å². The smallest absolute Gasteiger partial charge is 0.404 e. The zero-order valence-electron chi connectivity index (χ0n) is 8.76. The monoisotopic (exact) mass is 260 g/mol. The molecule has 0 aliphatic carbocycles. The number of halogens is 4. The third-order valence-electron chi connectivity index (χ3n) is 2.11. The van der Waals surface area contributed by atoms with Crippen molar-refractivity contribution in [3.8, 4) is 0 Å². The van der Waals surface area contributed by atoms with Gasteiger partial charge in [-0.1, -0.05) is 6.42 Å². The molecule has 0 aliphatic rings. The highest BCUT2D eigenvalue weighted by molar-refractivity contribution is 5.76. The summed E-state index contributed by atoms with van der Waals surface area (Å²) in [6.07, 6.45) is -1.77. The standard InChI is InChI=1S/C9H12F4O4/c10-8(11,9(12,13)7(16)17)5-3-1-2-4-6(14)15/h1-5H2,(H,14,15)(H,16,17). The third-order valence-corrected chi connectivity index (χ3v) is 2.11. The highest BCUT2D eigenvalue weighted by Gasteiger charge is 2.61. The summed E-state index contributed by atoms with van der Waals surface area (Å²) in [5, 5.41) is 16.2.